The van der Waals surface area contributed by atoms with Gasteiger partial charge in [0.1, 0.15) is 5.58 Å². The number of sulfonamides is 1. The molecule has 0 atom stereocenters. The van der Waals surface area contributed by atoms with Crippen molar-refractivity contribution in [1.29, 1.82) is 0 Å². The van der Waals surface area contributed by atoms with E-state index in [2.05, 4.69) is 19.8 Å². The van der Waals surface area contributed by atoms with Crippen molar-refractivity contribution in [1.82, 2.24) is 4.98 Å². The van der Waals surface area contributed by atoms with E-state index in [0.29, 0.717) is 0 Å². The van der Waals surface area contributed by atoms with E-state index in [-0.39, 0.29) is 84.2 Å². The number of nitrogens with one attached hydrogen (secondary N) is 2. The van der Waals surface area contributed by atoms with E-state index in [1.54, 1.807) is 0 Å². The predicted octanol–water partition coefficient (Wildman–Crippen LogP) is 5.13. The van der Waals surface area contributed by atoms with Gasteiger partial charge < -0.3 is 14.5 Å². The molecule has 0 spiro atoms. The second-order valence-corrected chi connectivity index (χ2v) is 9.38. The summed E-state index contributed by atoms with van der Waals surface area (Å²) in [5, 5.41) is 3.15. The maximum atomic E-state index is 13.1. The number of alkyl halides is 2. The molecule has 2 aromatic heterocycles. The number of aromatic nitrogens is 1. The molecule has 0 bridgehead atoms. The van der Waals surface area contributed by atoms with Gasteiger partial charge >= 0.3 is 6.61 Å². The van der Waals surface area contributed by atoms with Crippen molar-refractivity contribution in [3.8, 4) is 5.75 Å². The molecule has 0 saturated heterocycles. The fourth-order valence-corrected chi connectivity index (χ4v) is 4.24. The summed E-state index contributed by atoms with van der Waals surface area (Å²) >= 11 is 12.1. The Hall–Kier alpha value is -2.15. The maximum absolute atomic E-state index is 13.1. The minimum Gasteiger partial charge on any atom is -0.452 e. The molecule has 14 heteroatoms. The number of pyridine rings is 1. The third-order valence-electron chi connectivity index (χ3n) is 4.44. The minimum absolute atomic E-state index is 0. The van der Waals surface area contributed by atoms with Crippen molar-refractivity contribution in [2.45, 2.75) is 6.61 Å². The fourth-order valence-electron chi connectivity index (χ4n) is 3.22. The number of hydrogen-bond acceptors (Lipinski definition) is 6. The van der Waals surface area contributed by atoms with Crippen LogP contribution in [0.25, 0.3) is 21.9 Å². The molecule has 0 aliphatic rings. The number of rotatable bonds is 6. The Morgan fingerprint density at radius 1 is 1.15 bits per heavy atom. The predicted molar refractivity (Wildman–Crippen MR) is 127 cm³/mol. The first-order valence-electron chi connectivity index (χ1n) is 9.05. The second kappa shape index (κ2) is 10.2. The molecule has 2 aromatic carbocycles. The number of anilines is 2. The zero-order valence-corrected chi connectivity index (χ0v) is 21.9. The normalized spacial score (nSPS) is 11.5. The van der Waals surface area contributed by atoms with Crippen molar-refractivity contribution in [2.75, 3.05) is 16.3 Å². The van der Waals surface area contributed by atoms with E-state index in [1.165, 1.54) is 36.7 Å². The number of ether oxygens (including phenoxy) is 1. The Morgan fingerprint density at radius 3 is 2.44 bits per heavy atom. The minimum atomic E-state index is -3.60. The molecule has 0 aliphatic heterocycles. The van der Waals surface area contributed by atoms with Crippen LogP contribution in [-0.2, 0) is 10.0 Å². The van der Waals surface area contributed by atoms with Crippen molar-refractivity contribution < 1.29 is 31.1 Å². The van der Waals surface area contributed by atoms with Gasteiger partial charge in [-0.1, -0.05) is 23.2 Å². The molecular weight excluding hydrogens is 526 g/mol. The van der Waals surface area contributed by atoms with Gasteiger partial charge in [0.05, 0.1) is 27.6 Å². The number of halogens is 4. The van der Waals surface area contributed by atoms with Gasteiger partial charge in [-0.05, 0) is 30.3 Å². The van der Waals surface area contributed by atoms with E-state index in [0.717, 1.165) is 12.3 Å². The van der Waals surface area contributed by atoms with E-state index >= 15 is 0 Å². The smallest absolute Gasteiger partial charge is 0.387 e. The largest absolute Gasteiger partial charge is 0.452 e. The van der Waals surface area contributed by atoms with Gasteiger partial charge in [0.15, 0.2) is 11.3 Å². The topological polar surface area (TPSA) is 111 Å². The van der Waals surface area contributed by atoms with Crippen molar-refractivity contribution in [3.05, 3.63) is 58.3 Å². The number of benzene rings is 2. The standard InChI is InChI=1S/C20H13Cl2F2N3O5S.Na/c1-33(29,30)27-9-2-4-14-11(6-9)16-10(3-5-15(18(16)31-14)32-20(23)24)19(28)26-17-12(21)7-25-8-13(17)22;/h2-8,20,27H,1H3,(H,25,26,28);. The van der Waals surface area contributed by atoms with Crippen molar-refractivity contribution in [3.63, 3.8) is 0 Å². The summed E-state index contributed by atoms with van der Waals surface area (Å²) in [7, 11) is -3.60. The third-order valence-corrected chi connectivity index (χ3v) is 5.62. The van der Waals surface area contributed by atoms with E-state index in [4.69, 9.17) is 27.6 Å². The summed E-state index contributed by atoms with van der Waals surface area (Å²) in [5.41, 5.74) is 0.390. The first-order valence-corrected chi connectivity index (χ1v) is 11.7. The number of carbonyl (C=O) groups is 1. The molecule has 4 aromatic rings. The number of amides is 1. The molecule has 0 unspecified atom stereocenters. The SMILES string of the molecule is CS(=O)(=O)Nc1ccc2oc3c(OC(F)F)ccc(C(=O)Nc4c(Cl)cncc4Cl)c3c2c1.[Na]. The van der Waals surface area contributed by atoms with Gasteiger partial charge in [0.25, 0.3) is 5.91 Å². The number of hydrogen-bond donors (Lipinski definition) is 2. The first-order chi connectivity index (χ1) is 15.5. The van der Waals surface area contributed by atoms with E-state index in [9.17, 15) is 22.0 Å². The summed E-state index contributed by atoms with van der Waals surface area (Å²) in [6, 6.07) is 6.71. The summed E-state index contributed by atoms with van der Waals surface area (Å²) in [6.07, 6.45) is 3.55. The van der Waals surface area contributed by atoms with Crippen LogP contribution in [0, 0.1) is 0 Å². The first kappa shape index (κ1) is 26.5. The van der Waals surface area contributed by atoms with Crippen LogP contribution in [0.4, 0.5) is 20.2 Å². The zero-order chi connectivity index (χ0) is 23.9. The molecule has 0 fully saturated rings. The number of furan rings is 1. The van der Waals surface area contributed by atoms with Crippen LogP contribution in [0.15, 0.2) is 47.1 Å². The Balaban J connectivity index is 0.00000324. The molecule has 0 saturated carbocycles. The van der Waals surface area contributed by atoms with Crippen molar-refractivity contribution in [2.24, 2.45) is 0 Å². The summed E-state index contributed by atoms with van der Waals surface area (Å²) in [6.45, 7) is -3.14. The Kier molecular flexibility index (Phi) is 7.96. The van der Waals surface area contributed by atoms with Gasteiger partial charge in [-0.25, -0.2) is 8.42 Å². The fraction of sp³-hybridized carbons (Fsp3) is 0.100. The van der Waals surface area contributed by atoms with Crippen LogP contribution in [0.1, 0.15) is 10.4 Å². The molecule has 0 aliphatic carbocycles. The number of fused-ring (bicyclic) bond motifs is 3. The average Bonchev–Trinajstić information content (AvgIpc) is 3.09. The van der Waals surface area contributed by atoms with Crippen LogP contribution in [-0.4, -0.2) is 61.7 Å². The summed E-state index contributed by atoms with van der Waals surface area (Å²) < 4.78 is 61.7. The molecule has 173 valence electrons. The number of nitrogens with zero attached hydrogens (tertiary/aromatic N) is 1. The van der Waals surface area contributed by atoms with Gasteiger partial charge in [0.2, 0.25) is 10.0 Å². The molecule has 1 amide bonds. The van der Waals surface area contributed by atoms with Crippen LogP contribution in [0.2, 0.25) is 10.0 Å². The maximum Gasteiger partial charge on any atom is 0.387 e. The monoisotopic (exact) mass is 538 g/mol. The third kappa shape index (κ3) is 5.56. The van der Waals surface area contributed by atoms with E-state index in [1.807, 2.05) is 0 Å². The molecule has 4 rings (SSSR count). The molecular formula is C20H13Cl2F2N3NaO5S. The Morgan fingerprint density at radius 2 is 1.82 bits per heavy atom. The molecule has 2 N–H and O–H groups in total. The summed E-state index contributed by atoms with van der Waals surface area (Å²) in [5.74, 6) is -0.979. The van der Waals surface area contributed by atoms with Crippen LogP contribution in [0.5, 0.6) is 5.75 Å². The zero-order valence-electron chi connectivity index (χ0n) is 17.5. The Bertz CT molecular complexity index is 1500. The molecule has 34 heavy (non-hydrogen) atoms. The van der Waals surface area contributed by atoms with Crippen molar-refractivity contribution >= 4 is 102 Å². The summed E-state index contributed by atoms with van der Waals surface area (Å²) in [4.78, 5) is 16.9. The van der Waals surface area contributed by atoms with Gasteiger partial charge in [0, 0.05) is 58.4 Å². The van der Waals surface area contributed by atoms with Gasteiger partial charge in [-0.3, -0.25) is 14.5 Å². The molecule has 1 radical (unpaired) electrons. The quantitative estimate of drug-likeness (QED) is 0.329. The Labute approximate surface area is 223 Å². The van der Waals surface area contributed by atoms with E-state index < -0.39 is 22.5 Å². The van der Waals surface area contributed by atoms with Crippen LogP contribution < -0.4 is 14.8 Å². The molecule has 2 heterocycles. The second-order valence-electron chi connectivity index (χ2n) is 6.81. The molecule has 8 nitrogen and oxygen atoms in total. The average molecular weight is 539 g/mol. The van der Waals surface area contributed by atoms with Gasteiger partial charge in [-0.15, -0.1) is 0 Å². The van der Waals surface area contributed by atoms with Crippen LogP contribution in [0.3, 0.4) is 0 Å². The number of carbonyl (C=O) groups excluding carboxylic acids is 1. The van der Waals surface area contributed by atoms with Crippen LogP contribution >= 0.6 is 23.2 Å². The van der Waals surface area contributed by atoms with Gasteiger partial charge in [-0.2, -0.15) is 8.78 Å².